The molecule has 0 amide bonds. The molecule has 3 unspecified atom stereocenters. The maximum Gasteiger partial charge on any atom is 0.0875 e. The molecule has 0 saturated carbocycles. The molecule has 180 valence electrons. The first-order valence-electron chi connectivity index (χ1n) is 12.3. The molecule has 0 aromatic heterocycles. The van der Waals surface area contributed by atoms with Gasteiger partial charge in [-0.25, -0.2) is 0 Å². The average molecular weight is 501 g/mol. The predicted molar refractivity (Wildman–Crippen MR) is 154 cm³/mol. The van der Waals surface area contributed by atoms with Crippen LogP contribution in [0.5, 0.6) is 0 Å². The van der Waals surface area contributed by atoms with E-state index in [-0.39, 0.29) is 5.66 Å². The van der Waals surface area contributed by atoms with Crippen molar-refractivity contribution in [2.45, 2.75) is 37.6 Å². The molecule has 0 saturated heterocycles. The summed E-state index contributed by atoms with van der Waals surface area (Å²) < 4.78 is 0. The molecule has 4 aromatic rings. The molecule has 0 aliphatic rings. The van der Waals surface area contributed by atoms with Crippen LogP contribution in [0.15, 0.2) is 121 Å². The summed E-state index contributed by atoms with van der Waals surface area (Å²) in [4.78, 5) is 0. The van der Waals surface area contributed by atoms with Crippen LogP contribution < -0.4 is 21.2 Å². The van der Waals surface area contributed by atoms with E-state index in [1.54, 1.807) is 0 Å². The molecular weight excluding hydrogens is 466 g/mol. The van der Waals surface area contributed by atoms with Gasteiger partial charge in [0, 0.05) is 11.8 Å². The van der Waals surface area contributed by atoms with Crippen LogP contribution >= 0.6 is 15.8 Å². The van der Waals surface area contributed by atoms with Crippen molar-refractivity contribution in [1.82, 2.24) is 0 Å². The van der Waals surface area contributed by atoms with Crippen LogP contribution in [0.3, 0.4) is 0 Å². The Kier molecular flexibility index (Phi) is 9.64. The van der Waals surface area contributed by atoms with Crippen LogP contribution in [-0.4, -0.2) is 34.2 Å². The summed E-state index contributed by atoms with van der Waals surface area (Å²) in [7, 11) is -1.62. The number of hydrogen-bond acceptors (Lipinski definition) is 2. The lowest BCUT2D eigenvalue weighted by atomic mass is 10.1. The van der Waals surface area contributed by atoms with Crippen molar-refractivity contribution in [2.24, 2.45) is 0 Å². The largest absolute Gasteiger partial charge is 0.390 e. The van der Waals surface area contributed by atoms with E-state index in [2.05, 4.69) is 104 Å². The van der Waals surface area contributed by atoms with Gasteiger partial charge in [-0.2, -0.15) is 0 Å². The Morgan fingerprint density at radius 2 is 0.943 bits per heavy atom. The molecule has 0 spiro atoms. The molecule has 0 heterocycles. The van der Waals surface area contributed by atoms with Gasteiger partial charge in [-0.3, -0.25) is 0 Å². The monoisotopic (exact) mass is 500 g/mol. The van der Waals surface area contributed by atoms with Crippen molar-refractivity contribution in [3.63, 3.8) is 0 Å². The molecule has 0 aliphatic carbocycles. The molecule has 2 N–H and O–H groups in total. The zero-order chi connectivity index (χ0) is 24.5. The Bertz CT molecular complexity index is 1040. The van der Waals surface area contributed by atoms with Crippen LogP contribution in [0, 0.1) is 0 Å². The highest BCUT2D eigenvalue weighted by Crippen LogP contribution is 2.45. The third-order valence-corrected chi connectivity index (χ3v) is 11.8. The molecule has 35 heavy (non-hydrogen) atoms. The molecule has 4 heteroatoms. The molecule has 0 fully saturated rings. The Hall–Kier alpha value is -2.34. The maximum absolute atomic E-state index is 11.7. The second kappa shape index (κ2) is 13.1. The number of hydrogen-bond donors (Lipinski definition) is 2. The lowest BCUT2D eigenvalue weighted by molar-refractivity contribution is 0.0306. The first kappa shape index (κ1) is 25.7. The highest BCUT2D eigenvalue weighted by molar-refractivity contribution is 7.74. The van der Waals surface area contributed by atoms with E-state index in [0.29, 0.717) is 6.16 Å². The summed E-state index contributed by atoms with van der Waals surface area (Å²) in [5.74, 6) is 0. The van der Waals surface area contributed by atoms with E-state index in [9.17, 15) is 10.2 Å². The molecule has 3 atom stereocenters. The first-order valence-corrected chi connectivity index (χ1v) is 15.3. The topological polar surface area (TPSA) is 40.5 Å². The minimum Gasteiger partial charge on any atom is -0.390 e. The summed E-state index contributed by atoms with van der Waals surface area (Å²) in [6.07, 6.45) is 0.744. The zero-order valence-corrected chi connectivity index (χ0v) is 22.0. The summed E-state index contributed by atoms with van der Waals surface area (Å²) in [6, 6.07) is 41.9. The number of rotatable bonds is 11. The van der Waals surface area contributed by atoms with Crippen LogP contribution in [0.1, 0.15) is 19.8 Å². The molecule has 0 aliphatic heterocycles. The van der Waals surface area contributed by atoms with E-state index in [0.717, 1.165) is 12.8 Å². The third kappa shape index (κ3) is 6.66. The van der Waals surface area contributed by atoms with Crippen molar-refractivity contribution in [1.29, 1.82) is 0 Å². The lowest BCUT2D eigenvalue weighted by Gasteiger charge is -2.35. The third-order valence-electron chi connectivity index (χ3n) is 6.28. The van der Waals surface area contributed by atoms with E-state index < -0.39 is 28.1 Å². The number of aliphatic hydroxyl groups is 2. The van der Waals surface area contributed by atoms with Crippen molar-refractivity contribution < 1.29 is 10.2 Å². The van der Waals surface area contributed by atoms with Gasteiger partial charge in [-0.1, -0.05) is 135 Å². The highest BCUT2D eigenvalue weighted by Gasteiger charge is 2.35. The normalized spacial score (nSPS) is 14.1. The Morgan fingerprint density at radius 3 is 1.31 bits per heavy atom. The predicted octanol–water partition coefficient (Wildman–Crippen LogP) is 5.14. The Labute approximate surface area is 212 Å². The fourth-order valence-electron chi connectivity index (χ4n) is 4.58. The SMILES string of the molecule is CCCC(C(O)C(O)CP(c1ccccc1)c1ccccc1)P(c1ccccc1)c1ccccc1. The molecule has 2 nitrogen and oxygen atoms in total. The smallest absolute Gasteiger partial charge is 0.0875 e. The van der Waals surface area contributed by atoms with Crippen molar-refractivity contribution in [3.8, 4) is 0 Å². The van der Waals surface area contributed by atoms with Gasteiger partial charge in [0.15, 0.2) is 0 Å². The van der Waals surface area contributed by atoms with Crippen LogP contribution in [-0.2, 0) is 0 Å². The van der Waals surface area contributed by atoms with Crippen molar-refractivity contribution in [2.75, 3.05) is 6.16 Å². The number of aliphatic hydroxyl groups excluding tert-OH is 2. The van der Waals surface area contributed by atoms with Crippen molar-refractivity contribution in [3.05, 3.63) is 121 Å². The van der Waals surface area contributed by atoms with Crippen LogP contribution in [0.2, 0.25) is 0 Å². The van der Waals surface area contributed by atoms with E-state index >= 15 is 0 Å². The fourth-order valence-corrected chi connectivity index (χ4v) is 10.0. The van der Waals surface area contributed by atoms with E-state index in [4.69, 9.17) is 0 Å². The molecule has 4 rings (SSSR count). The number of benzene rings is 4. The fraction of sp³-hybridized carbons (Fsp3) is 0.226. The second-order valence-electron chi connectivity index (χ2n) is 8.74. The van der Waals surface area contributed by atoms with Gasteiger partial charge < -0.3 is 10.2 Å². The standard InChI is InChI=1S/C31H34O2P2/c1-2-15-30(35(27-20-11-5-12-21-27)28-22-13-6-14-23-28)31(33)29(32)24-34(25-16-7-3-8-17-25)26-18-9-4-10-19-26/h3-14,16-23,29-33H,2,15,24H2,1H3. The minimum atomic E-state index is -0.828. The highest BCUT2D eigenvalue weighted by atomic mass is 31.1. The zero-order valence-electron chi connectivity index (χ0n) is 20.2. The van der Waals surface area contributed by atoms with Gasteiger partial charge in [0.1, 0.15) is 0 Å². The van der Waals surface area contributed by atoms with E-state index in [1.807, 2.05) is 24.3 Å². The average Bonchev–Trinajstić information content (AvgIpc) is 2.93. The molecule has 0 radical (unpaired) electrons. The lowest BCUT2D eigenvalue weighted by Crippen LogP contribution is -2.42. The van der Waals surface area contributed by atoms with E-state index in [1.165, 1.54) is 21.2 Å². The van der Waals surface area contributed by atoms with Gasteiger partial charge in [0.05, 0.1) is 12.2 Å². The van der Waals surface area contributed by atoms with Gasteiger partial charge in [-0.15, -0.1) is 0 Å². The van der Waals surface area contributed by atoms with Gasteiger partial charge in [-0.05, 0) is 43.5 Å². The first-order chi connectivity index (χ1) is 17.2. The molecule has 4 aromatic carbocycles. The summed E-state index contributed by atoms with van der Waals surface area (Å²) >= 11 is 0. The second-order valence-corrected chi connectivity index (χ2v) is 13.4. The molecular formula is C31H34O2P2. The van der Waals surface area contributed by atoms with Crippen LogP contribution in [0.4, 0.5) is 0 Å². The van der Waals surface area contributed by atoms with Gasteiger partial charge >= 0.3 is 0 Å². The summed E-state index contributed by atoms with van der Waals surface area (Å²) in [6.45, 7) is 2.16. The maximum atomic E-state index is 11.7. The van der Waals surface area contributed by atoms with Gasteiger partial charge in [0.2, 0.25) is 0 Å². The summed E-state index contributed by atoms with van der Waals surface area (Å²) in [5, 5.41) is 28.2. The minimum absolute atomic E-state index is 0.0294. The van der Waals surface area contributed by atoms with Crippen LogP contribution in [0.25, 0.3) is 0 Å². The van der Waals surface area contributed by atoms with Crippen molar-refractivity contribution >= 4 is 37.1 Å². The summed E-state index contributed by atoms with van der Waals surface area (Å²) in [5.41, 5.74) is -0.0294. The van der Waals surface area contributed by atoms with Gasteiger partial charge in [0.25, 0.3) is 0 Å². The Morgan fingerprint density at radius 1 is 0.571 bits per heavy atom. The Balaban J connectivity index is 1.66. The molecule has 0 bridgehead atoms. The quantitative estimate of drug-likeness (QED) is 0.280.